The fraction of sp³-hybridized carbons (Fsp3) is 0.292. The maximum atomic E-state index is 13.0. The van der Waals surface area contributed by atoms with Gasteiger partial charge < -0.3 is 16.0 Å². The fourth-order valence-corrected chi connectivity index (χ4v) is 3.76. The van der Waals surface area contributed by atoms with E-state index >= 15 is 0 Å². The highest BCUT2D eigenvalue weighted by atomic mass is 16.2. The van der Waals surface area contributed by atoms with Gasteiger partial charge in [0.15, 0.2) is 0 Å². The Kier molecular flexibility index (Phi) is 6.13. The molecule has 2 aromatic carbocycles. The van der Waals surface area contributed by atoms with Crippen molar-refractivity contribution >= 4 is 17.8 Å². The lowest BCUT2D eigenvalue weighted by Gasteiger charge is -2.32. The van der Waals surface area contributed by atoms with Crippen molar-refractivity contribution in [2.75, 3.05) is 13.1 Å². The van der Waals surface area contributed by atoms with Gasteiger partial charge in [-0.25, -0.2) is 0 Å². The normalized spacial score (nSPS) is 15.4. The second-order valence-electron chi connectivity index (χ2n) is 7.57. The summed E-state index contributed by atoms with van der Waals surface area (Å²) in [5.41, 5.74) is 11.7. The van der Waals surface area contributed by atoms with Gasteiger partial charge >= 0.3 is 0 Å². The molecule has 0 radical (unpaired) electrons. The van der Waals surface area contributed by atoms with E-state index in [1.165, 1.54) is 11.8 Å². The average Bonchev–Trinajstić information content (AvgIpc) is 2.78. The van der Waals surface area contributed by atoms with Gasteiger partial charge in [-0.2, -0.15) is 5.26 Å². The quantitative estimate of drug-likeness (QED) is 0.770. The second kappa shape index (κ2) is 8.74. The molecule has 3 N–H and O–H groups in total. The van der Waals surface area contributed by atoms with Crippen molar-refractivity contribution in [2.45, 2.75) is 32.6 Å². The highest BCUT2D eigenvalue weighted by Gasteiger charge is 2.25. The van der Waals surface area contributed by atoms with E-state index < -0.39 is 0 Å². The van der Waals surface area contributed by atoms with Crippen LogP contribution >= 0.6 is 0 Å². The summed E-state index contributed by atoms with van der Waals surface area (Å²) in [5.74, 6) is 0.430. The smallest absolute Gasteiger partial charge is 0.253 e. The topological polar surface area (TPSA) is 94.0 Å². The lowest BCUT2D eigenvalue weighted by atomic mass is 9.88. The number of allylic oxidation sites excluding steroid dienone is 1. The van der Waals surface area contributed by atoms with E-state index in [4.69, 9.17) is 16.4 Å². The number of benzene rings is 2. The van der Waals surface area contributed by atoms with E-state index in [1.807, 2.05) is 54.3 Å². The number of likely N-dealkylation sites (tertiary alicyclic amines) is 1. The first-order valence-corrected chi connectivity index (χ1v) is 9.81. The Labute approximate surface area is 172 Å². The Hall–Kier alpha value is -3.39. The third-order valence-corrected chi connectivity index (χ3v) is 5.71. The van der Waals surface area contributed by atoms with Gasteiger partial charge in [-0.1, -0.05) is 18.2 Å². The van der Waals surface area contributed by atoms with Crippen LogP contribution in [-0.2, 0) is 0 Å². The molecule has 0 aliphatic carbocycles. The lowest BCUT2D eigenvalue weighted by Crippen LogP contribution is -2.38. The number of nitrogens with zero attached hydrogens (tertiary/aromatic N) is 2. The Morgan fingerprint density at radius 2 is 1.86 bits per heavy atom. The molecule has 1 aliphatic rings. The minimum Gasteiger partial charge on any atom is -0.398 e. The van der Waals surface area contributed by atoms with Crippen molar-refractivity contribution < 1.29 is 4.79 Å². The standard InChI is InChI=1S/C24H26N4O/c1-16-3-6-21(13-22(16)23(27)17(2)14-25)24(29)28-11-9-20(10-12-28)19-7-4-18(15-26)5-8-19/h3-8,13-14,20,25H,9-12,27H2,1-2H3/b23-17-,25-14?. The van der Waals surface area contributed by atoms with Gasteiger partial charge in [0.05, 0.1) is 11.6 Å². The number of nitrogens with one attached hydrogen (secondary N) is 1. The summed E-state index contributed by atoms with van der Waals surface area (Å²) in [4.78, 5) is 14.9. The molecule has 3 rings (SSSR count). The number of nitriles is 1. The van der Waals surface area contributed by atoms with Crippen molar-refractivity contribution in [1.82, 2.24) is 4.90 Å². The first-order chi connectivity index (χ1) is 13.9. The third kappa shape index (κ3) is 4.38. The van der Waals surface area contributed by atoms with Gasteiger partial charge in [-0.3, -0.25) is 4.79 Å². The van der Waals surface area contributed by atoms with Crippen molar-refractivity contribution in [1.29, 1.82) is 10.7 Å². The molecule has 5 heteroatoms. The zero-order valence-corrected chi connectivity index (χ0v) is 16.9. The summed E-state index contributed by atoms with van der Waals surface area (Å²) in [5, 5.41) is 16.4. The van der Waals surface area contributed by atoms with E-state index in [2.05, 4.69) is 6.07 Å². The zero-order chi connectivity index (χ0) is 21.0. The highest BCUT2D eigenvalue weighted by molar-refractivity contribution is 5.96. The summed E-state index contributed by atoms with van der Waals surface area (Å²) in [6, 6.07) is 15.5. The third-order valence-electron chi connectivity index (χ3n) is 5.71. The summed E-state index contributed by atoms with van der Waals surface area (Å²) < 4.78 is 0. The average molecular weight is 386 g/mol. The monoisotopic (exact) mass is 386 g/mol. The molecule has 1 aliphatic heterocycles. The lowest BCUT2D eigenvalue weighted by molar-refractivity contribution is 0.0713. The van der Waals surface area contributed by atoms with Crippen molar-refractivity contribution in [3.05, 3.63) is 75.9 Å². The van der Waals surface area contributed by atoms with Crippen molar-refractivity contribution in [3.63, 3.8) is 0 Å². The number of piperidine rings is 1. The first kappa shape index (κ1) is 20.3. The van der Waals surface area contributed by atoms with Crippen LogP contribution in [0.25, 0.3) is 5.70 Å². The summed E-state index contributed by atoms with van der Waals surface area (Å²) in [7, 11) is 0. The number of hydrogen-bond donors (Lipinski definition) is 2. The second-order valence-corrected chi connectivity index (χ2v) is 7.57. The van der Waals surface area contributed by atoms with Gasteiger partial charge in [-0.05, 0) is 73.6 Å². The van der Waals surface area contributed by atoms with E-state index in [9.17, 15) is 4.79 Å². The molecule has 0 spiro atoms. The minimum atomic E-state index is 0.0184. The Morgan fingerprint density at radius 1 is 1.21 bits per heavy atom. The van der Waals surface area contributed by atoms with Crippen molar-refractivity contribution in [2.24, 2.45) is 5.73 Å². The molecule has 0 unspecified atom stereocenters. The SMILES string of the molecule is C/C(C=N)=C(/N)c1cc(C(=O)N2CCC(c3ccc(C#N)cc3)CC2)ccc1C. The molecule has 0 aromatic heterocycles. The number of hydrogen-bond acceptors (Lipinski definition) is 4. The first-order valence-electron chi connectivity index (χ1n) is 9.81. The number of nitrogens with two attached hydrogens (primary N) is 1. The van der Waals surface area contributed by atoms with Crippen LogP contribution in [0.4, 0.5) is 0 Å². The molecule has 5 nitrogen and oxygen atoms in total. The zero-order valence-electron chi connectivity index (χ0n) is 16.9. The van der Waals surface area contributed by atoms with E-state index in [0.717, 1.165) is 24.0 Å². The summed E-state index contributed by atoms with van der Waals surface area (Å²) >= 11 is 0. The van der Waals surface area contributed by atoms with E-state index in [-0.39, 0.29) is 5.91 Å². The van der Waals surface area contributed by atoms with E-state index in [1.54, 1.807) is 6.92 Å². The molecule has 1 heterocycles. The van der Waals surface area contributed by atoms with Crippen LogP contribution < -0.4 is 5.73 Å². The number of rotatable bonds is 4. The van der Waals surface area contributed by atoms with Gasteiger partial charge in [0.25, 0.3) is 5.91 Å². The molecule has 1 amide bonds. The summed E-state index contributed by atoms with van der Waals surface area (Å²) in [6.07, 6.45) is 3.05. The predicted molar refractivity (Wildman–Crippen MR) is 116 cm³/mol. The molecule has 148 valence electrons. The van der Waals surface area contributed by atoms with Crippen LogP contribution in [0.5, 0.6) is 0 Å². The Balaban J connectivity index is 1.72. The van der Waals surface area contributed by atoms with Crippen LogP contribution in [0.3, 0.4) is 0 Å². The molecule has 1 saturated heterocycles. The van der Waals surface area contributed by atoms with Crippen LogP contribution in [-0.4, -0.2) is 30.1 Å². The Bertz CT molecular complexity index is 991. The molecule has 0 bridgehead atoms. The van der Waals surface area contributed by atoms with Gasteiger partial charge in [0.2, 0.25) is 0 Å². The number of aryl methyl sites for hydroxylation is 1. The predicted octanol–water partition coefficient (Wildman–Crippen LogP) is 4.23. The maximum Gasteiger partial charge on any atom is 0.253 e. The fourth-order valence-electron chi connectivity index (χ4n) is 3.76. The van der Waals surface area contributed by atoms with Gasteiger partial charge in [-0.15, -0.1) is 0 Å². The Morgan fingerprint density at radius 3 is 2.45 bits per heavy atom. The molecule has 1 fully saturated rings. The molecular weight excluding hydrogens is 360 g/mol. The maximum absolute atomic E-state index is 13.0. The number of carbonyl (C=O) groups is 1. The number of amides is 1. The van der Waals surface area contributed by atoms with Crippen LogP contribution in [0.15, 0.2) is 48.0 Å². The van der Waals surface area contributed by atoms with Crippen LogP contribution in [0.2, 0.25) is 0 Å². The number of carbonyl (C=O) groups excluding carboxylic acids is 1. The molecule has 2 aromatic rings. The van der Waals surface area contributed by atoms with Crippen LogP contribution in [0.1, 0.15) is 58.3 Å². The van der Waals surface area contributed by atoms with Gasteiger partial charge in [0, 0.05) is 36.1 Å². The van der Waals surface area contributed by atoms with E-state index in [0.29, 0.717) is 41.4 Å². The molecule has 0 saturated carbocycles. The summed E-state index contributed by atoms with van der Waals surface area (Å²) in [6.45, 7) is 5.16. The van der Waals surface area contributed by atoms with Gasteiger partial charge in [0.1, 0.15) is 0 Å². The molecule has 29 heavy (non-hydrogen) atoms. The highest BCUT2D eigenvalue weighted by Crippen LogP contribution is 2.29. The molecular formula is C24H26N4O. The largest absolute Gasteiger partial charge is 0.398 e. The van der Waals surface area contributed by atoms with Crippen molar-refractivity contribution in [3.8, 4) is 6.07 Å². The molecule has 0 atom stereocenters. The van der Waals surface area contributed by atoms with Crippen LogP contribution in [0, 0.1) is 23.7 Å². The minimum absolute atomic E-state index is 0.0184.